The van der Waals surface area contributed by atoms with Crippen LogP contribution in [0.15, 0.2) is 11.6 Å². The highest BCUT2D eigenvalue weighted by atomic mass is 35.5. The maximum Gasteiger partial charge on any atom is 0.171 e. The topological polar surface area (TPSA) is 18.5 Å². The van der Waals surface area contributed by atoms with Gasteiger partial charge in [0.2, 0.25) is 0 Å². The van der Waals surface area contributed by atoms with E-state index in [4.69, 9.17) is 21.1 Å². The number of rotatable bonds is 5. The van der Waals surface area contributed by atoms with Gasteiger partial charge in [-0.2, -0.15) is 0 Å². The third-order valence-electron chi connectivity index (χ3n) is 3.02. The Kier molecular flexibility index (Phi) is 4.63. The molecule has 0 heterocycles. The molecule has 0 saturated carbocycles. The fourth-order valence-electron chi connectivity index (χ4n) is 1.82. The molecule has 0 amide bonds. The normalized spacial score (nSPS) is 26.5. The highest BCUT2D eigenvalue weighted by Gasteiger charge is 2.32. The van der Waals surface area contributed by atoms with Crippen molar-refractivity contribution in [2.75, 3.05) is 12.5 Å². The van der Waals surface area contributed by atoms with Crippen molar-refractivity contribution in [3.63, 3.8) is 0 Å². The molecular weight excluding hydrogens is 212 g/mol. The highest BCUT2D eigenvalue weighted by molar-refractivity contribution is 6.18. The van der Waals surface area contributed by atoms with E-state index in [1.807, 2.05) is 6.92 Å². The van der Waals surface area contributed by atoms with Crippen LogP contribution >= 0.6 is 11.6 Å². The minimum Gasteiger partial charge on any atom is -0.352 e. The summed E-state index contributed by atoms with van der Waals surface area (Å²) in [6.07, 6.45) is 3.06. The standard InChI is InChI=1S/C12H21ClO2/c1-5-14-11(8-13)15-10-6-9(2)12(3,4)7-10/h6,10-11H,5,7-8H2,1-4H3. The van der Waals surface area contributed by atoms with Crippen molar-refractivity contribution >= 4 is 11.6 Å². The zero-order chi connectivity index (χ0) is 11.5. The quantitative estimate of drug-likeness (QED) is 0.411. The monoisotopic (exact) mass is 232 g/mol. The van der Waals surface area contributed by atoms with Crippen molar-refractivity contribution in [3.05, 3.63) is 11.6 Å². The van der Waals surface area contributed by atoms with Gasteiger partial charge in [0.25, 0.3) is 0 Å². The van der Waals surface area contributed by atoms with Gasteiger partial charge >= 0.3 is 0 Å². The maximum atomic E-state index is 5.78. The summed E-state index contributed by atoms with van der Waals surface area (Å²) in [5.74, 6) is 0.387. The van der Waals surface area contributed by atoms with Gasteiger partial charge in [0.05, 0.1) is 12.0 Å². The third kappa shape index (κ3) is 3.47. The smallest absolute Gasteiger partial charge is 0.171 e. The molecule has 15 heavy (non-hydrogen) atoms. The summed E-state index contributed by atoms with van der Waals surface area (Å²) >= 11 is 5.76. The summed E-state index contributed by atoms with van der Waals surface area (Å²) in [4.78, 5) is 0. The number of hydrogen-bond donors (Lipinski definition) is 0. The lowest BCUT2D eigenvalue weighted by Gasteiger charge is -2.23. The Morgan fingerprint density at radius 3 is 2.67 bits per heavy atom. The number of hydrogen-bond acceptors (Lipinski definition) is 2. The molecule has 1 aliphatic rings. The minimum atomic E-state index is -0.278. The van der Waals surface area contributed by atoms with E-state index in [9.17, 15) is 0 Å². The molecule has 2 atom stereocenters. The molecule has 1 rings (SSSR count). The molecular formula is C12H21ClO2. The first kappa shape index (κ1) is 13.0. The first-order valence-electron chi connectivity index (χ1n) is 5.51. The van der Waals surface area contributed by atoms with E-state index in [2.05, 4.69) is 26.8 Å². The average Bonchev–Trinajstić information content (AvgIpc) is 2.40. The Balaban J connectivity index is 2.48. The van der Waals surface area contributed by atoms with Crippen molar-refractivity contribution in [2.24, 2.45) is 5.41 Å². The Bertz CT molecular complexity index is 236. The largest absolute Gasteiger partial charge is 0.352 e. The molecule has 0 bridgehead atoms. The second-order valence-electron chi connectivity index (χ2n) is 4.65. The Hall–Kier alpha value is -0.0500. The second kappa shape index (κ2) is 5.33. The van der Waals surface area contributed by atoms with Crippen LogP contribution in [0.25, 0.3) is 0 Å². The SMILES string of the molecule is CCOC(CCl)OC1C=C(C)C(C)(C)C1. The maximum absolute atomic E-state index is 5.78. The van der Waals surface area contributed by atoms with Crippen LogP contribution in [0.4, 0.5) is 0 Å². The molecule has 2 nitrogen and oxygen atoms in total. The number of ether oxygens (including phenoxy) is 2. The number of alkyl halides is 1. The van der Waals surface area contributed by atoms with E-state index in [0.29, 0.717) is 12.5 Å². The lowest BCUT2D eigenvalue weighted by atomic mass is 9.87. The molecule has 0 aromatic rings. The van der Waals surface area contributed by atoms with E-state index in [1.54, 1.807) is 0 Å². The van der Waals surface area contributed by atoms with E-state index in [-0.39, 0.29) is 17.8 Å². The number of halogens is 1. The summed E-state index contributed by atoms with van der Waals surface area (Å²) in [6.45, 7) is 9.20. The van der Waals surface area contributed by atoms with Gasteiger partial charge in [-0.05, 0) is 25.7 Å². The first-order valence-corrected chi connectivity index (χ1v) is 6.05. The molecule has 88 valence electrons. The van der Waals surface area contributed by atoms with Gasteiger partial charge in [-0.1, -0.05) is 25.5 Å². The molecule has 3 heteroatoms. The van der Waals surface area contributed by atoms with Gasteiger partial charge in [-0.3, -0.25) is 0 Å². The van der Waals surface area contributed by atoms with Gasteiger partial charge in [-0.25, -0.2) is 0 Å². The van der Waals surface area contributed by atoms with E-state index >= 15 is 0 Å². The minimum absolute atomic E-state index is 0.148. The molecule has 0 aromatic carbocycles. The van der Waals surface area contributed by atoms with Crippen molar-refractivity contribution in [1.29, 1.82) is 0 Å². The highest BCUT2D eigenvalue weighted by Crippen LogP contribution is 2.39. The van der Waals surface area contributed by atoms with Crippen LogP contribution in [-0.4, -0.2) is 24.9 Å². The molecule has 2 unspecified atom stereocenters. The zero-order valence-corrected chi connectivity index (χ0v) is 10.8. The van der Waals surface area contributed by atoms with Crippen molar-refractivity contribution in [2.45, 2.75) is 46.5 Å². The Morgan fingerprint density at radius 1 is 1.60 bits per heavy atom. The summed E-state index contributed by atoms with van der Waals surface area (Å²) in [5, 5.41) is 0. The van der Waals surface area contributed by atoms with E-state index in [1.165, 1.54) is 5.57 Å². The molecule has 0 spiro atoms. The van der Waals surface area contributed by atoms with Gasteiger partial charge in [0.15, 0.2) is 6.29 Å². The molecule has 0 saturated heterocycles. The summed E-state index contributed by atoms with van der Waals surface area (Å²) in [6, 6.07) is 0. The summed E-state index contributed by atoms with van der Waals surface area (Å²) < 4.78 is 11.1. The number of allylic oxidation sites excluding steroid dienone is 1. The summed E-state index contributed by atoms with van der Waals surface area (Å²) in [7, 11) is 0. The lowest BCUT2D eigenvalue weighted by Crippen LogP contribution is -2.25. The van der Waals surface area contributed by atoms with Crippen LogP contribution in [0.5, 0.6) is 0 Å². The van der Waals surface area contributed by atoms with Crippen LogP contribution in [0, 0.1) is 5.41 Å². The van der Waals surface area contributed by atoms with Crippen LogP contribution in [-0.2, 0) is 9.47 Å². The van der Waals surface area contributed by atoms with Gasteiger partial charge < -0.3 is 9.47 Å². The van der Waals surface area contributed by atoms with Gasteiger partial charge in [-0.15, -0.1) is 11.6 Å². The molecule has 0 aliphatic heterocycles. The molecule has 0 N–H and O–H groups in total. The fourth-order valence-corrected chi connectivity index (χ4v) is 1.98. The Morgan fingerprint density at radius 2 is 2.27 bits per heavy atom. The molecule has 0 radical (unpaired) electrons. The lowest BCUT2D eigenvalue weighted by molar-refractivity contribution is -0.145. The summed E-state index contributed by atoms with van der Waals surface area (Å²) in [5.41, 5.74) is 1.63. The van der Waals surface area contributed by atoms with Crippen LogP contribution < -0.4 is 0 Å². The molecule has 1 aliphatic carbocycles. The van der Waals surface area contributed by atoms with Crippen LogP contribution in [0.3, 0.4) is 0 Å². The van der Waals surface area contributed by atoms with Crippen LogP contribution in [0.1, 0.15) is 34.1 Å². The zero-order valence-electron chi connectivity index (χ0n) is 10.0. The van der Waals surface area contributed by atoms with Crippen molar-refractivity contribution < 1.29 is 9.47 Å². The van der Waals surface area contributed by atoms with Gasteiger partial charge in [0.1, 0.15) is 0 Å². The van der Waals surface area contributed by atoms with Gasteiger partial charge in [0, 0.05) is 6.61 Å². The first-order chi connectivity index (χ1) is 6.99. The van der Waals surface area contributed by atoms with Crippen molar-refractivity contribution in [3.8, 4) is 0 Å². The second-order valence-corrected chi connectivity index (χ2v) is 4.96. The fraction of sp³-hybridized carbons (Fsp3) is 0.833. The predicted octanol–water partition coefficient (Wildman–Crippen LogP) is 3.35. The third-order valence-corrected chi connectivity index (χ3v) is 3.27. The van der Waals surface area contributed by atoms with Crippen LogP contribution in [0.2, 0.25) is 0 Å². The Labute approximate surface area is 97.6 Å². The van der Waals surface area contributed by atoms with E-state index < -0.39 is 0 Å². The average molecular weight is 233 g/mol. The van der Waals surface area contributed by atoms with Crippen molar-refractivity contribution in [1.82, 2.24) is 0 Å². The predicted molar refractivity (Wildman–Crippen MR) is 63.2 cm³/mol. The molecule has 0 aromatic heterocycles. The molecule has 0 fully saturated rings. The van der Waals surface area contributed by atoms with E-state index in [0.717, 1.165) is 6.42 Å².